The number of rotatable bonds is 2. The average molecular weight is 189 g/mol. The molecule has 0 amide bonds. The third-order valence-corrected chi connectivity index (χ3v) is 0.698. The Hall–Kier alpha value is 0.574. The Balaban J connectivity index is 0. The molecule has 0 aliphatic heterocycles. The number of aliphatic carboxylic acids is 1. The third-order valence-electron chi connectivity index (χ3n) is 0.698. The Kier molecular flexibility index (Phi) is 8.12. The summed E-state index contributed by atoms with van der Waals surface area (Å²) in [6.45, 7) is 6.66. The van der Waals surface area contributed by atoms with E-state index < -0.39 is 11.9 Å². The van der Waals surface area contributed by atoms with E-state index in [9.17, 15) is 4.79 Å². The second kappa shape index (κ2) is 5.71. The number of carbonyl (C=O) groups is 1. The molecule has 0 saturated heterocycles. The fourth-order valence-corrected chi connectivity index (χ4v) is 0.123. The summed E-state index contributed by atoms with van der Waals surface area (Å²) in [5.74, 6) is -1.42. The van der Waals surface area contributed by atoms with Gasteiger partial charge in [-0.3, -0.25) is 4.79 Å². The van der Waals surface area contributed by atoms with Crippen molar-refractivity contribution >= 4 is 5.97 Å². The largest absolute Gasteiger partial charge is 0.483 e. The molecular formula is C5H8O2Y-2. The van der Waals surface area contributed by atoms with E-state index in [1.54, 1.807) is 0 Å². The Morgan fingerprint density at radius 2 is 2.12 bits per heavy atom. The van der Waals surface area contributed by atoms with E-state index in [1.807, 2.05) is 0 Å². The van der Waals surface area contributed by atoms with Crippen molar-refractivity contribution < 1.29 is 42.6 Å². The van der Waals surface area contributed by atoms with Crippen molar-refractivity contribution in [2.75, 3.05) is 0 Å². The van der Waals surface area contributed by atoms with Crippen LogP contribution in [0.2, 0.25) is 0 Å². The van der Waals surface area contributed by atoms with Crippen molar-refractivity contribution in [2.24, 2.45) is 5.92 Å². The van der Waals surface area contributed by atoms with Gasteiger partial charge in [0, 0.05) is 32.7 Å². The van der Waals surface area contributed by atoms with Gasteiger partial charge in [0.2, 0.25) is 0 Å². The summed E-state index contributed by atoms with van der Waals surface area (Å²) in [6.07, 6.45) is 0.356. The summed E-state index contributed by atoms with van der Waals surface area (Å²) in [4.78, 5) is 9.83. The van der Waals surface area contributed by atoms with Crippen LogP contribution in [0, 0.1) is 19.8 Å². The average Bonchev–Trinajstić information content (AvgIpc) is 1.65. The summed E-state index contributed by atoms with van der Waals surface area (Å²) < 4.78 is 0. The zero-order valence-electron chi connectivity index (χ0n) is 4.63. The topological polar surface area (TPSA) is 37.3 Å². The van der Waals surface area contributed by atoms with Gasteiger partial charge >= 0.3 is 0 Å². The second-order valence-corrected chi connectivity index (χ2v) is 1.32. The minimum absolute atomic E-state index is 0. The summed E-state index contributed by atoms with van der Waals surface area (Å²) >= 11 is 0. The molecule has 0 rings (SSSR count). The van der Waals surface area contributed by atoms with Gasteiger partial charge in [0.1, 0.15) is 0 Å². The maximum atomic E-state index is 9.83. The van der Waals surface area contributed by atoms with E-state index in [-0.39, 0.29) is 32.7 Å². The molecule has 0 aliphatic rings. The van der Waals surface area contributed by atoms with Gasteiger partial charge in [-0.25, -0.2) is 0 Å². The molecule has 2 nitrogen and oxygen atoms in total. The summed E-state index contributed by atoms with van der Waals surface area (Å²) in [7, 11) is 0. The predicted molar refractivity (Wildman–Crippen MR) is 26.5 cm³/mol. The van der Waals surface area contributed by atoms with Crippen LogP contribution in [0.1, 0.15) is 6.42 Å². The molecule has 0 fully saturated rings. The third kappa shape index (κ3) is 4.73. The first-order valence-corrected chi connectivity index (χ1v) is 2.03. The van der Waals surface area contributed by atoms with Crippen LogP contribution in [-0.2, 0) is 37.5 Å². The molecule has 45 valence electrons. The first-order valence-electron chi connectivity index (χ1n) is 2.03. The quantitative estimate of drug-likeness (QED) is 0.650. The normalized spacial score (nSPS) is 11.8. The Morgan fingerprint density at radius 3 is 2.12 bits per heavy atom. The fraction of sp³-hybridized carbons (Fsp3) is 0.400. The van der Waals surface area contributed by atoms with Gasteiger partial charge in [-0.15, -0.1) is 0 Å². The standard InChI is InChI=1S/C5H8O2.Y/c1-3-4(2)5(6)7;/h4H,1-3H2,(H,6,7);/q-2;/t4-;/m1./s1. The van der Waals surface area contributed by atoms with Crippen LogP contribution in [0.15, 0.2) is 0 Å². The molecule has 0 heterocycles. The maximum absolute atomic E-state index is 9.83. The van der Waals surface area contributed by atoms with Crippen LogP contribution >= 0.6 is 0 Å². The van der Waals surface area contributed by atoms with Crippen molar-refractivity contribution in [3.63, 3.8) is 0 Å². The van der Waals surface area contributed by atoms with Crippen LogP contribution in [0.25, 0.3) is 0 Å². The number of carboxylic acid groups (broad SMARTS) is 1. The fourth-order valence-electron chi connectivity index (χ4n) is 0.123. The molecule has 0 aromatic rings. The number of carboxylic acids is 1. The minimum Gasteiger partial charge on any atom is -0.483 e. The predicted octanol–water partition coefficient (Wildman–Crippen LogP) is 0.743. The van der Waals surface area contributed by atoms with Gasteiger partial charge in [0.25, 0.3) is 5.97 Å². The second-order valence-electron chi connectivity index (χ2n) is 1.32. The SMILES string of the molecule is [CH2-]C[C@@H]([CH2-])C(=O)O.[Y]. The van der Waals surface area contributed by atoms with Crippen LogP contribution in [0.5, 0.6) is 0 Å². The van der Waals surface area contributed by atoms with E-state index in [1.165, 1.54) is 0 Å². The van der Waals surface area contributed by atoms with Crippen LogP contribution in [0.4, 0.5) is 0 Å². The van der Waals surface area contributed by atoms with Gasteiger partial charge in [-0.2, -0.15) is 6.42 Å². The molecule has 0 saturated carbocycles. The molecule has 1 radical (unpaired) electrons. The zero-order chi connectivity index (χ0) is 5.86. The summed E-state index contributed by atoms with van der Waals surface area (Å²) in [6, 6.07) is 0. The molecule has 8 heavy (non-hydrogen) atoms. The Bertz CT molecular complexity index is 72.8. The molecule has 0 bridgehead atoms. The molecule has 0 spiro atoms. The Morgan fingerprint density at radius 1 is 1.75 bits per heavy atom. The van der Waals surface area contributed by atoms with Crippen LogP contribution in [0.3, 0.4) is 0 Å². The van der Waals surface area contributed by atoms with Crippen molar-refractivity contribution in [1.82, 2.24) is 0 Å². The summed E-state index contributed by atoms with van der Waals surface area (Å²) in [5, 5.41) is 8.08. The van der Waals surface area contributed by atoms with Crippen molar-refractivity contribution in [2.45, 2.75) is 6.42 Å². The molecule has 0 unspecified atom stereocenters. The van der Waals surface area contributed by atoms with E-state index in [4.69, 9.17) is 5.11 Å². The van der Waals surface area contributed by atoms with Crippen molar-refractivity contribution in [3.05, 3.63) is 13.8 Å². The minimum atomic E-state index is -0.880. The van der Waals surface area contributed by atoms with Crippen molar-refractivity contribution in [1.29, 1.82) is 0 Å². The molecule has 0 aliphatic carbocycles. The molecule has 0 aromatic carbocycles. The summed E-state index contributed by atoms with van der Waals surface area (Å²) in [5.41, 5.74) is 0. The van der Waals surface area contributed by atoms with Gasteiger partial charge in [0.05, 0.1) is 0 Å². The van der Waals surface area contributed by atoms with E-state index in [2.05, 4.69) is 13.8 Å². The molecule has 0 aromatic heterocycles. The van der Waals surface area contributed by atoms with Crippen molar-refractivity contribution in [3.8, 4) is 0 Å². The first-order chi connectivity index (χ1) is 3.18. The van der Waals surface area contributed by atoms with E-state index >= 15 is 0 Å². The first kappa shape index (κ1) is 11.4. The van der Waals surface area contributed by atoms with E-state index in [0.29, 0.717) is 6.42 Å². The smallest absolute Gasteiger partial charge is 0.273 e. The van der Waals surface area contributed by atoms with Gasteiger partial charge < -0.3 is 19.0 Å². The number of hydrogen-bond acceptors (Lipinski definition) is 1. The van der Waals surface area contributed by atoms with Gasteiger partial charge in [-0.1, -0.05) is 5.92 Å². The number of hydrogen-bond donors (Lipinski definition) is 1. The monoisotopic (exact) mass is 189 g/mol. The molecular weight excluding hydrogens is 181 g/mol. The van der Waals surface area contributed by atoms with Gasteiger partial charge in [-0.05, 0) is 0 Å². The zero-order valence-corrected chi connectivity index (χ0v) is 7.47. The van der Waals surface area contributed by atoms with E-state index in [0.717, 1.165) is 0 Å². The van der Waals surface area contributed by atoms with Crippen LogP contribution in [-0.4, -0.2) is 11.1 Å². The maximum Gasteiger partial charge on any atom is 0.273 e. The Labute approximate surface area is 74.5 Å². The molecule has 3 heteroatoms. The molecule has 1 atom stereocenters. The van der Waals surface area contributed by atoms with Crippen LogP contribution < -0.4 is 0 Å². The van der Waals surface area contributed by atoms with Gasteiger partial charge in [0.15, 0.2) is 0 Å². The molecule has 1 N–H and O–H groups in total.